The van der Waals surface area contributed by atoms with Gasteiger partial charge in [0.15, 0.2) is 5.82 Å². The van der Waals surface area contributed by atoms with Gasteiger partial charge in [0.1, 0.15) is 10.8 Å². The Bertz CT molecular complexity index is 857. The molecule has 0 amide bonds. The van der Waals surface area contributed by atoms with Crippen molar-refractivity contribution in [2.45, 2.75) is 6.18 Å². The van der Waals surface area contributed by atoms with E-state index < -0.39 is 30.1 Å². The number of aromatic nitrogens is 3. The van der Waals surface area contributed by atoms with Crippen LogP contribution in [0, 0.1) is 11.9 Å². The van der Waals surface area contributed by atoms with E-state index in [2.05, 4.69) is 20.3 Å². The average Bonchev–Trinajstić information content (AvgIpc) is 2.83. The quantitative estimate of drug-likeness (QED) is 0.606. The van der Waals surface area contributed by atoms with Crippen LogP contribution in [0.4, 0.5) is 23.4 Å². The summed E-state index contributed by atoms with van der Waals surface area (Å²) in [5.74, 6) is -2.49. The van der Waals surface area contributed by atoms with Crippen LogP contribution in [-0.4, -0.2) is 47.3 Å². The number of H-pyrrole nitrogens is 1. The molecule has 0 radical (unpaired) electrons. The molecule has 1 atom stereocenters. The van der Waals surface area contributed by atoms with Gasteiger partial charge < -0.3 is 15.2 Å². The maximum absolute atomic E-state index is 13.3. The first-order valence-electron chi connectivity index (χ1n) is 7.70. The van der Waals surface area contributed by atoms with E-state index in [4.69, 9.17) is 11.6 Å². The van der Waals surface area contributed by atoms with E-state index in [0.717, 1.165) is 6.07 Å². The third-order valence-electron chi connectivity index (χ3n) is 4.00. The summed E-state index contributed by atoms with van der Waals surface area (Å²) in [6.45, 7) is -0.163. The molecule has 0 saturated carbocycles. The van der Waals surface area contributed by atoms with Crippen LogP contribution >= 0.6 is 11.6 Å². The van der Waals surface area contributed by atoms with Crippen LogP contribution in [0.3, 0.4) is 0 Å². The number of rotatable bonds is 2. The summed E-state index contributed by atoms with van der Waals surface area (Å²) in [6, 6.07) is 2.47. The minimum absolute atomic E-state index is 0.00327. The molecule has 1 fully saturated rings. The largest absolute Gasteiger partial charge is 0.394 e. The Morgan fingerprint density at radius 1 is 1.35 bits per heavy atom. The van der Waals surface area contributed by atoms with Crippen molar-refractivity contribution in [3.05, 3.63) is 39.7 Å². The molecule has 0 unspecified atom stereocenters. The fraction of sp³-hybridized carbons (Fsp3) is 0.400. The summed E-state index contributed by atoms with van der Waals surface area (Å²) >= 11 is 6.00. The van der Waals surface area contributed by atoms with Gasteiger partial charge in [0.05, 0.1) is 5.92 Å². The Hall–Kier alpha value is -2.20. The lowest BCUT2D eigenvalue weighted by atomic mass is 10.1. The van der Waals surface area contributed by atoms with Crippen LogP contribution in [0.2, 0.25) is 5.02 Å². The number of hydrogen-bond acceptors (Lipinski definition) is 5. The summed E-state index contributed by atoms with van der Waals surface area (Å²) < 4.78 is 52.8. The number of halogens is 5. The molecule has 0 bridgehead atoms. The molecule has 2 N–H and O–H groups in total. The maximum Gasteiger partial charge on any atom is 0.394 e. The normalized spacial score (nSPS) is 18.7. The van der Waals surface area contributed by atoms with Gasteiger partial charge in [0.2, 0.25) is 5.95 Å². The van der Waals surface area contributed by atoms with Crippen LogP contribution in [0.15, 0.2) is 23.1 Å². The van der Waals surface area contributed by atoms with Crippen molar-refractivity contribution in [3.8, 4) is 11.4 Å². The summed E-state index contributed by atoms with van der Waals surface area (Å²) in [5.41, 5.74) is -0.488. The van der Waals surface area contributed by atoms with Crippen molar-refractivity contribution in [2.75, 3.05) is 31.1 Å². The molecular weight excluding hydrogens is 378 g/mol. The topological polar surface area (TPSA) is 73.9 Å². The number of nitrogens with zero attached hydrogens (tertiary/aromatic N) is 3. The zero-order valence-electron chi connectivity index (χ0n) is 13.3. The van der Waals surface area contributed by atoms with Gasteiger partial charge in [-0.1, -0.05) is 11.6 Å². The predicted octanol–water partition coefficient (Wildman–Crippen LogP) is 2.21. The van der Waals surface area contributed by atoms with E-state index in [1.807, 2.05) is 0 Å². The zero-order valence-corrected chi connectivity index (χ0v) is 14.0. The fourth-order valence-electron chi connectivity index (χ4n) is 2.67. The third-order valence-corrected chi connectivity index (χ3v) is 4.34. The average molecular weight is 392 g/mol. The monoisotopic (exact) mass is 391 g/mol. The van der Waals surface area contributed by atoms with Crippen LogP contribution in [0.25, 0.3) is 11.4 Å². The Labute approximate surface area is 150 Å². The lowest BCUT2D eigenvalue weighted by Gasteiger charge is -2.27. The predicted molar refractivity (Wildman–Crippen MR) is 87.7 cm³/mol. The Morgan fingerprint density at radius 2 is 2.12 bits per heavy atom. The molecule has 1 aliphatic rings. The van der Waals surface area contributed by atoms with Crippen molar-refractivity contribution in [1.29, 1.82) is 0 Å². The molecule has 26 heavy (non-hydrogen) atoms. The Morgan fingerprint density at radius 3 is 2.81 bits per heavy atom. The van der Waals surface area contributed by atoms with Gasteiger partial charge in [-0.15, -0.1) is 0 Å². The van der Waals surface area contributed by atoms with Gasteiger partial charge >= 0.3 is 6.18 Å². The van der Waals surface area contributed by atoms with Crippen molar-refractivity contribution in [2.24, 2.45) is 5.92 Å². The lowest BCUT2D eigenvalue weighted by Crippen LogP contribution is -2.39. The van der Waals surface area contributed by atoms with Crippen LogP contribution in [-0.2, 0) is 0 Å². The Kier molecular flexibility index (Phi) is 5.15. The standard InChI is InChI=1S/C15H14ClF4N5O/c16-11-13(25-4-3-21-6-9(7-25)15(18,19)20)23-12(24-14(11)26)8-1-2-22-10(17)5-8/h1-2,5,9,21H,3-4,6-7H2,(H,23,24,26)/t9-/m1/s1. The first kappa shape index (κ1) is 18.6. The lowest BCUT2D eigenvalue weighted by molar-refractivity contribution is -0.169. The smallest absolute Gasteiger partial charge is 0.353 e. The molecule has 3 heterocycles. The van der Waals surface area contributed by atoms with E-state index in [-0.39, 0.29) is 41.9 Å². The van der Waals surface area contributed by atoms with Crippen molar-refractivity contribution >= 4 is 17.4 Å². The first-order valence-corrected chi connectivity index (χ1v) is 8.07. The minimum atomic E-state index is -4.40. The van der Waals surface area contributed by atoms with Crippen molar-refractivity contribution in [1.82, 2.24) is 20.3 Å². The molecular formula is C15H14ClF4N5O. The van der Waals surface area contributed by atoms with E-state index in [0.29, 0.717) is 0 Å². The van der Waals surface area contributed by atoms with Gasteiger partial charge in [-0.2, -0.15) is 17.6 Å². The van der Waals surface area contributed by atoms with E-state index >= 15 is 0 Å². The third kappa shape index (κ3) is 3.96. The molecule has 0 spiro atoms. The van der Waals surface area contributed by atoms with Crippen molar-refractivity contribution in [3.63, 3.8) is 0 Å². The number of alkyl halides is 3. The summed E-state index contributed by atoms with van der Waals surface area (Å²) in [5, 5.41) is 2.40. The highest BCUT2D eigenvalue weighted by molar-refractivity contribution is 6.32. The van der Waals surface area contributed by atoms with Gasteiger partial charge in [-0.05, 0) is 6.07 Å². The van der Waals surface area contributed by atoms with Crippen LogP contribution in [0.1, 0.15) is 0 Å². The van der Waals surface area contributed by atoms with Gasteiger partial charge in [0, 0.05) is 44.0 Å². The van der Waals surface area contributed by atoms with Gasteiger partial charge in [0.25, 0.3) is 5.56 Å². The SMILES string of the molecule is O=c1[nH]c(-c2ccnc(F)c2)nc(N2CCNC[C@@H](C(F)(F)F)C2)c1Cl. The fourth-order valence-corrected chi connectivity index (χ4v) is 2.88. The highest BCUT2D eigenvalue weighted by atomic mass is 35.5. The highest BCUT2D eigenvalue weighted by Gasteiger charge is 2.41. The van der Waals surface area contributed by atoms with E-state index in [1.54, 1.807) is 0 Å². The summed E-state index contributed by atoms with van der Waals surface area (Å²) in [4.78, 5) is 23.4. The number of hydrogen-bond donors (Lipinski definition) is 2. The highest BCUT2D eigenvalue weighted by Crippen LogP contribution is 2.30. The number of pyridine rings is 1. The number of aromatic amines is 1. The molecule has 1 aliphatic heterocycles. The molecule has 2 aromatic rings. The number of nitrogens with one attached hydrogen (secondary N) is 2. The first-order chi connectivity index (χ1) is 12.3. The van der Waals surface area contributed by atoms with Crippen LogP contribution in [0.5, 0.6) is 0 Å². The molecule has 3 rings (SSSR count). The van der Waals surface area contributed by atoms with E-state index in [1.165, 1.54) is 17.2 Å². The maximum atomic E-state index is 13.3. The van der Waals surface area contributed by atoms with Crippen LogP contribution < -0.4 is 15.8 Å². The zero-order chi connectivity index (χ0) is 18.9. The number of anilines is 1. The molecule has 0 aliphatic carbocycles. The second kappa shape index (κ2) is 7.20. The second-order valence-electron chi connectivity index (χ2n) is 5.81. The molecule has 0 aromatic carbocycles. The van der Waals surface area contributed by atoms with Gasteiger partial charge in [-0.25, -0.2) is 9.97 Å². The van der Waals surface area contributed by atoms with E-state index in [9.17, 15) is 22.4 Å². The molecule has 140 valence electrons. The van der Waals surface area contributed by atoms with Gasteiger partial charge in [-0.3, -0.25) is 4.79 Å². The Balaban J connectivity index is 2.02. The molecule has 11 heteroatoms. The summed E-state index contributed by atoms with van der Waals surface area (Å²) in [6.07, 6.45) is -3.21. The van der Waals surface area contributed by atoms with Crippen molar-refractivity contribution < 1.29 is 17.6 Å². The molecule has 2 aromatic heterocycles. The summed E-state index contributed by atoms with van der Waals surface area (Å²) in [7, 11) is 0. The molecule has 1 saturated heterocycles. The minimum Gasteiger partial charge on any atom is -0.353 e. The molecule has 6 nitrogen and oxygen atoms in total. The second-order valence-corrected chi connectivity index (χ2v) is 6.19.